The van der Waals surface area contributed by atoms with Gasteiger partial charge in [-0.3, -0.25) is 15.0 Å². The lowest BCUT2D eigenvalue weighted by atomic mass is 10.1. The van der Waals surface area contributed by atoms with Gasteiger partial charge in [0.2, 0.25) is 0 Å². The maximum absolute atomic E-state index is 13.0. The van der Waals surface area contributed by atoms with E-state index in [1.807, 2.05) is 43.3 Å². The average molecular weight is 525 g/mol. The van der Waals surface area contributed by atoms with Gasteiger partial charge in [-0.25, -0.2) is 0 Å². The Balaban J connectivity index is 1.48. The van der Waals surface area contributed by atoms with Crippen molar-refractivity contribution in [3.8, 4) is 11.5 Å². The van der Waals surface area contributed by atoms with Gasteiger partial charge in [-0.1, -0.05) is 65.8 Å². The zero-order valence-corrected chi connectivity index (χ0v) is 21.3. The number of nitrogens with one attached hydrogen (secondary N) is 1. The normalized spacial score (nSPS) is 14.4. The van der Waals surface area contributed by atoms with E-state index in [0.29, 0.717) is 27.0 Å². The van der Waals surface area contributed by atoms with Crippen LogP contribution in [0, 0.1) is 6.92 Å². The van der Waals surface area contributed by atoms with E-state index in [1.54, 1.807) is 43.5 Å². The molecule has 1 fully saturated rings. The summed E-state index contributed by atoms with van der Waals surface area (Å²) in [5, 5.41) is 1.72. The molecule has 0 saturated carbocycles. The molecule has 0 aromatic heterocycles. The Hall–Kier alpha value is -3.33. The van der Waals surface area contributed by atoms with Crippen molar-refractivity contribution in [2.24, 2.45) is 0 Å². The van der Waals surface area contributed by atoms with Crippen molar-refractivity contribution in [2.75, 3.05) is 7.11 Å². The van der Waals surface area contributed by atoms with Crippen LogP contribution in [0.4, 0.5) is 0 Å². The van der Waals surface area contributed by atoms with Gasteiger partial charge in [0.1, 0.15) is 6.61 Å². The van der Waals surface area contributed by atoms with E-state index in [2.05, 4.69) is 5.43 Å². The van der Waals surface area contributed by atoms with Crippen LogP contribution >= 0.6 is 35.6 Å². The van der Waals surface area contributed by atoms with Gasteiger partial charge in [-0.2, -0.15) is 5.01 Å². The molecule has 3 aromatic rings. The molecule has 0 aliphatic carbocycles. The van der Waals surface area contributed by atoms with Crippen molar-refractivity contribution in [3.63, 3.8) is 0 Å². The largest absolute Gasteiger partial charge is 0.493 e. The monoisotopic (exact) mass is 524 g/mol. The van der Waals surface area contributed by atoms with E-state index >= 15 is 0 Å². The Morgan fingerprint density at radius 1 is 1.11 bits per heavy atom. The molecular weight excluding hydrogens is 504 g/mol. The number of methoxy groups -OCH3 is 1. The molecule has 6 nitrogen and oxygen atoms in total. The van der Waals surface area contributed by atoms with Gasteiger partial charge in [0.05, 0.1) is 12.0 Å². The predicted molar refractivity (Wildman–Crippen MR) is 142 cm³/mol. The number of ether oxygens (including phenoxy) is 2. The quantitative estimate of drug-likeness (QED) is 0.312. The zero-order chi connectivity index (χ0) is 24.9. The number of halogens is 1. The minimum Gasteiger partial charge on any atom is -0.493 e. The number of aryl methyl sites for hydroxylation is 1. The highest BCUT2D eigenvalue weighted by Gasteiger charge is 2.34. The summed E-state index contributed by atoms with van der Waals surface area (Å²) in [5.74, 6) is 0.249. The first kappa shape index (κ1) is 24.8. The molecule has 0 bridgehead atoms. The van der Waals surface area contributed by atoms with Crippen molar-refractivity contribution in [1.29, 1.82) is 0 Å². The van der Waals surface area contributed by atoms with Gasteiger partial charge in [0.25, 0.3) is 11.8 Å². The van der Waals surface area contributed by atoms with E-state index in [4.69, 9.17) is 33.3 Å². The van der Waals surface area contributed by atoms with Gasteiger partial charge in [-0.05, 0) is 60.6 Å². The summed E-state index contributed by atoms with van der Waals surface area (Å²) in [7, 11) is 1.54. The summed E-state index contributed by atoms with van der Waals surface area (Å²) in [5.41, 5.74) is 5.46. The van der Waals surface area contributed by atoms with E-state index in [1.165, 1.54) is 0 Å². The summed E-state index contributed by atoms with van der Waals surface area (Å²) in [6, 6.07) is 19.9. The maximum atomic E-state index is 13.0. The molecule has 4 rings (SSSR count). The number of thiocarbonyl (C=S) groups is 1. The van der Waals surface area contributed by atoms with Gasteiger partial charge in [0.15, 0.2) is 15.8 Å². The molecule has 178 valence electrons. The highest BCUT2D eigenvalue weighted by Crippen LogP contribution is 2.34. The van der Waals surface area contributed by atoms with E-state index in [9.17, 15) is 9.59 Å². The summed E-state index contributed by atoms with van der Waals surface area (Å²) in [6.45, 7) is 2.11. The first-order valence-corrected chi connectivity index (χ1v) is 12.2. The van der Waals surface area contributed by atoms with Crippen LogP contribution in [0.15, 0.2) is 71.6 Å². The molecule has 3 aromatic carbocycles. The zero-order valence-electron chi connectivity index (χ0n) is 18.9. The van der Waals surface area contributed by atoms with Gasteiger partial charge >= 0.3 is 0 Å². The second-order valence-corrected chi connectivity index (χ2v) is 9.65. The summed E-state index contributed by atoms with van der Waals surface area (Å²) >= 11 is 12.6. The third kappa shape index (κ3) is 5.67. The van der Waals surface area contributed by atoms with Crippen molar-refractivity contribution in [1.82, 2.24) is 10.4 Å². The second kappa shape index (κ2) is 10.9. The van der Waals surface area contributed by atoms with Gasteiger partial charge < -0.3 is 9.47 Å². The number of rotatable bonds is 7. The minimum atomic E-state index is -0.403. The van der Waals surface area contributed by atoms with Crippen molar-refractivity contribution < 1.29 is 19.1 Å². The first-order valence-electron chi connectivity index (χ1n) is 10.6. The molecule has 1 N–H and O–H groups in total. The van der Waals surface area contributed by atoms with Crippen LogP contribution in [-0.4, -0.2) is 28.3 Å². The first-order chi connectivity index (χ1) is 16.9. The number of hydrogen-bond acceptors (Lipinski definition) is 6. The lowest BCUT2D eigenvalue weighted by Gasteiger charge is -2.16. The molecule has 2 amide bonds. The van der Waals surface area contributed by atoms with Crippen molar-refractivity contribution >= 4 is 57.8 Å². The molecule has 0 atom stereocenters. The molecule has 0 radical (unpaired) electrons. The van der Waals surface area contributed by atoms with Crippen LogP contribution < -0.4 is 14.9 Å². The number of hydrogen-bond donors (Lipinski definition) is 1. The number of nitrogens with zero attached hydrogens (tertiary/aromatic N) is 1. The van der Waals surface area contributed by atoms with Crippen LogP contribution in [0.25, 0.3) is 6.08 Å². The highest BCUT2D eigenvalue weighted by atomic mass is 35.5. The average Bonchev–Trinajstić information content (AvgIpc) is 3.11. The van der Waals surface area contributed by atoms with E-state index in [-0.39, 0.29) is 10.9 Å². The Labute approximate surface area is 217 Å². The summed E-state index contributed by atoms with van der Waals surface area (Å²) < 4.78 is 11.6. The molecule has 1 saturated heterocycles. The molecule has 9 heteroatoms. The van der Waals surface area contributed by atoms with Crippen molar-refractivity contribution in [2.45, 2.75) is 13.5 Å². The molecule has 0 unspecified atom stereocenters. The van der Waals surface area contributed by atoms with Gasteiger partial charge in [-0.15, -0.1) is 0 Å². The Bertz CT molecular complexity index is 1340. The van der Waals surface area contributed by atoms with E-state index < -0.39 is 11.8 Å². The minimum absolute atomic E-state index is 0.245. The lowest BCUT2D eigenvalue weighted by Crippen LogP contribution is -2.45. The Morgan fingerprint density at radius 3 is 2.60 bits per heavy atom. The van der Waals surface area contributed by atoms with Crippen LogP contribution in [0.3, 0.4) is 0 Å². The Morgan fingerprint density at radius 2 is 1.86 bits per heavy atom. The standard InChI is InChI=1S/C26H21ClN2O4S2/c1-16-7-3-5-9-19(16)24(30)28-29-25(31)23(35-26(29)34)14-17-11-12-21(22(13-17)32-2)33-15-18-8-4-6-10-20(18)27/h3-14H,15H2,1-2H3,(H,28,30)/b23-14-. The van der Waals surface area contributed by atoms with Crippen LogP contribution in [0.1, 0.15) is 27.0 Å². The maximum Gasteiger partial charge on any atom is 0.285 e. The summed E-state index contributed by atoms with van der Waals surface area (Å²) in [4.78, 5) is 26.0. The van der Waals surface area contributed by atoms with Crippen LogP contribution in [0.5, 0.6) is 11.5 Å². The molecule has 1 aliphatic heterocycles. The smallest absolute Gasteiger partial charge is 0.285 e. The topological polar surface area (TPSA) is 67.9 Å². The number of carbonyl (C=O) groups excluding carboxylic acids is 2. The number of thioether (sulfide) groups is 1. The van der Waals surface area contributed by atoms with Crippen molar-refractivity contribution in [3.05, 3.63) is 98.9 Å². The molecule has 35 heavy (non-hydrogen) atoms. The number of carbonyl (C=O) groups is 2. The van der Waals surface area contributed by atoms with E-state index in [0.717, 1.165) is 33.5 Å². The molecular formula is C26H21ClN2O4S2. The predicted octanol–water partition coefficient (Wildman–Crippen LogP) is 5.78. The fourth-order valence-corrected chi connectivity index (χ4v) is 4.74. The molecule has 1 heterocycles. The third-order valence-electron chi connectivity index (χ3n) is 5.22. The number of hydrazine groups is 1. The fraction of sp³-hybridized carbons (Fsp3) is 0.115. The number of amides is 2. The highest BCUT2D eigenvalue weighted by molar-refractivity contribution is 8.26. The molecule has 0 spiro atoms. The van der Waals surface area contributed by atoms with Crippen LogP contribution in [-0.2, 0) is 11.4 Å². The van der Waals surface area contributed by atoms with Gasteiger partial charge in [0, 0.05) is 16.1 Å². The lowest BCUT2D eigenvalue weighted by molar-refractivity contribution is -0.123. The summed E-state index contributed by atoms with van der Waals surface area (Å²) in [6.07, 6.45) is 1.69. The SMILES string of the molecule is COc1cc(/C=C2\SC(=S)N(NC(=O)c3ccccc3C)C2=O)ccc1OCc1ccccc1Cl. The third-order valence-corrected chi connectivity index (χ3v) is 6.89. The Kier molecular flexibility index (Phi) is 7.75. The fourth-order valence-electron chi connectivity index (χ4n) is 3.37. The second-order valence-electron chi connectivity index (χ2n) is 7.56. The molecule has 1 aliphatic rings. The van der Waals surface area contributed by atoms with Crippen LogP contribution in [0.2, 0.25) is 5.02 Å². The number of benzene rings is 3.